The summed E-state index contributed by atoms with van der Waals surface area (Å²) in [6, 6.07) is 66.1. The zero-order valence-electron chi connectivity index (χ0n) is 30.2. The SMILES string of the molecule is c1ccc(-c2cccc(C(c3cccc(-n4c5cccc6c5c5c7c(ccc8oc9cccc-6c9c87)ccc54)c3)c3ccc4c(c3)oc3ccccc34)c2)cc1. The Bertz CT molecular complexity index is 3600. The normalized spacial score (nSPS) is 12.9. The minimum Gasteiger partial charge on any atom is -0.456 e. The van der Waals surface area contributed by atoms with Crippen LogP contribution < -0.4 is 0 Å². The standard InChI is InChI=1S/C53H31NO2/c1-2-10-31(11-3-1)33-12-6-13-34(28-33)48(36-22-25-39-38-16-4-5-20-44(38)55-47(39)30-36)35-14-7-15-37(29-35)54-42-19-8-17-40-41-18-9-21-45-51(41)53-46(56-45)27-24-32-23-26-43(54)52(49(32)53)50(40)42/h1-30,48H. The number of hydrogen-bond acceptors (Lipinski definition) is 2. The van der Waals surface area contributed by atoms with Crippen molar-refractivity contribution >= 4 is 76.5 Å². The lowest BCUT2D eigenvalue weighted by Crippen LogP contribution is -2.05. The molecule has 1 unspecified atom stereocenters. The molecule has 0 radical (unpaired) electrons. The minimum absolute atomic E-state index is 0.0506. The van der Waals surface area contributed by atoms with Gasteiger partial charge in [-0.05, 0) is 92.9 Å². The Morgan fingerprint density at radius 2 is 1.02 bits per heavy atom. The van der Waals surface area contributed by atoms with Crippen LogP contribution in [0.5, 0.6) is 0 Å². The highest BCUT2D eigenvalue weighted by Gasteiger charge is 2.27. The number of para-hydroxylation sites is 1. The van der Waals surface area contributed by atoms with E-state index < -0.39 is 0 Å². The van der Waals surface area contributed by atoms with Crippen LogP contribution >= 0.6 is 0 Å². The van der Waals surface area contributed by atoms with Crippen LogP contribution in [0.4, 0.5) is 0 Å². The molecule has 0 aliphatic heterocycles. The molecule has 3 aromatic heterocycles. The summed E-state index contributed by atoms with van der Waals surface area (Å²) in [4.78, 5) is 0. The molecule has 9 aromatic carbocycles. The van der Waals surface area contributed by atoms with E-state index in [0.29, 0.717) is 0 Å². The molecule has 13 rings (SSSR count). The van der Waals surface area contributed by atoms with Crippen molar-refractivity contribution in [2.75, 3.05) is 0 Å². The fraction of sp³-hybridized carbons (Fsp3) is 0.0189. The van der Waals surface area contributed by atoms with Crippen LogP contribution in [0.15, 0.2) is 191 Å². The van der Waals surface area contributed by atoms with Crippen LogP contribution in [0.1, 0.15) is 22.6 Å². The maximum absolute atomic E-state index is 6.50. The predicted octanol–water partition coefficient (Wildman–Crippen LogP) is 14.6. The van der Waals surface area contributed by atoms with Crippen molar-refractivity contribution in [2.24, 2.45) is 0 Å². The first kappa shape index (κ1) is 30.0. The van der Waals surface area contributed by atoms with E-state index in [4.69, 9.17) is 8.83 Å². The lowest BCUT2D eigenvalue weighted by molar-refractivity contribution is 0.668. The summed E-state index contributed by atoms with van der Waals surface area (Å²) < 4.78 is 15.4. The summed E-state index contributed by atoms with van der Waals surface area (Å²) in [7, 11) is 0. The van der Waals surface area contributed by atoms with Crippen molar-refractivity contribution in [1.29, 1.82) is 0 Å². The Hall–Kier alpha value is -7.36. The van der Waals surface area contributed by atoms with Crippen LogP contribution in [-0.2, 0) is 0 Å². The molecule has 3 heteroatoms. The Kier molecular flexibility index (Phi) is 5.95. The van der Waals surface area contributed by atoms with Crippen LogP contribution in [-0.4, -0.2) is 4.57 Å². The third kappa shape index (κ3) is 4.06. The van der Waals surface area contributed by atoms with Gasteiger partial charge in [0.1, 0.15) is 22.3 Å². The van der Waals surface area contributed by atoms with E-state index in [1.165, 1.54) is 82.3 Å². The topological polar surface area (TPSA) is 31.2 Å². The number of hydrogen-bond donors (Lipinski definition) is 0. The van der Waals surface area contributed by atoms with Gasteiger partial charge >= 0.3 is 0 Å². The molecule has 260 valence electrons. The molecule has 0 fully saturated rings. The van der Waals surface area contributed by atoms with Crippen molar-refractivity contribution in [3.05, 3.63) is 199 Å². The third-order valence-electron chi connectivity index (χ3n) is 12.2. The van der Waals surface area contributed by atoms with Crippen molar-refractivity contribution in [3.8, 4) is 27.9 Å². The first-order chi connectivity index (χ1) is 27.8. The summed E-state index contributed by atoms with van der Waals surface area (Å²) in [5.41, 5.74) is 15.7. The fourth-order valence-corrected chi connectivity index (χ4v) is 9.87. The zero-order valence-corrected chi connectivity index (χ0v) is 30.2. The van der Waals surface area contributed by atoms with E-state index in [9.17, 15) is 0 Å². The molecule has 56 heavy (non-hydrogen) atoms. The molecule has 0 N–H and O–H groups in total. The molecule has 0 bridgehead atoms. The summed E-state index contributed by atoms with van der Waals surface area (Å²) in [6.45, 7) is 0. The Morgan fingerprint density at radius 1 is 0.357 bits per heavy atom. The van der Waals surface area contributed by atoms with Gasteiger partial charge in [-0.25, -0.2) is 0 Å². The molecular weight excluding hydrogens is 683 g/mol. The van der Waals surface area contributed by atoms with Gasteiger partial charge in [0.05, 0.1) is 11.0 Å². The van der Waals surface area contributed by atoms with Gasteiger partial charge in [0.15, 0.2) is 0 Å². The molecule has 0 saturated carbocycles. The van der Waals surface area contributed by atoms with Crippen LogP contribution in [0, 0.1) is 0 Å². The number of aromatic nitrogens is 1. The number of fused-ring (bicyclic) bond motifs is 4. The minimum atomic E-state index is -0.0506. The van der Waals surface area contributed by atoms with Gasteiger partial charge in [-0.3, -0.25) is 0 Å². The predicted molar refractivity (Wildman–Crippen MR) is 231 cm³/mol. The Labute approximate surface area is 321 Å². The molecule has 3 nitrogen and oxygen atoms in total. The second kappa shape index (κ2) is 11.1. The molecule has 0 saturated heterocycles. The summed E-state index contributed by atoms with van der Waals surface area (Å²) >= 11 is 0. The maximum Gasteiger partial charge on any atom is 0.136 e. The third-order valence-corrected chi connectivity index (χ3v) is 12.2. The van der Waals surface area contributed by atoms with Gasteiger partial charge in [-0.2, -0.15) is 0 Å². The summed E-state index contributed by atoms with van der Waals surface area (Å²) in [6.07, 6.45) is 0. The monoisotopic (exact) mass is 713 g/mol. The average molecular weight is 714 g/mol. The Balaban J connectivity index is 1.07. The average Bonchev–Trinajstić information content (AvgIpc) is 3.91. The van der Waals surface area contributed by atoms with Crippen LogP contribution in [0.3, 0.4) is 0 Å². The quantitative estimate of drug-likeness (QED) is 0.166. The van der Waals surface area contributed by atoms with E-state index in [2.05, 4.69) is 180 Å². The highest BCUT2D eigenvalue weighted by molar-refractivity contribution is 6.37. The number of nitrogens with zero attached hydrogens (tertiary/aromatic N) is 1. The molecule has 1 aliphatic carbocycles. The molecule has 0 spiro atoms. The van der Waals surface area contributed by atoms with Gasteiger partial charge < -0.3 is 13.4 Å². The van der Waals surface area contributed by atoms with E-state index >= 15 is 0 Å². The van der Waals surface area contributed by atoms with Gasteiger partial charge in [-0.15, -0.1) is 0 Å². The lowest BCUT2D eigenvalue weighted by Gasteiger charge is -2.21. The van der Waals surface area contributed by atoms with Gasteiger partial charge in [0.25, 0.3) is 0 Å². The van der Waals surface area contributed by atoms with Crippen LogP contribution in [0.2, 0.25) is 0 Å². The summed E-state index contributed by atoms with van der Waals surface area (Å²) in [5.74, 6) is -0.0506. The summed E-state index contributed by atoms with van der Waals surface area (Å²) in [5, 5.41) is 9.76. The van der Waals surface area contributed by atoms with Crippen molar-refractivity contribution in [1.82, 2.24) is 4.57 Å². The maximum atomic E-state index is 6.50. The highest BCUT2D eigenvalue weighted by atomic mass is 16.3. The van der Waals surface area contributed by atoms with Crippen LogP contribution in [0.25, 0.3) is 104 Å². The molecule has 1 atom stereocenters. The van der Waals surface area contributed by atoms with E-state index in [1.54, 1.807) is 0 Å². The molecule has 0 amide bonds. The molecular formula is C53H31NO2. The second-order valence-electron chi connectivity index (χ2n) is 15.2. The highest BCUT2D eigenvalue weighted by Crippen LogP contribution is 2.51. The number of benzene rings is 9. The van der Waals surface area contributed by atoms with Gasteiger partial charge in [0, 0.05) is 49.3 Å². The molecule has 1 aliphatic rings. The fourth-order valence-electron chi connectivity index (χ4n) is 9.87. The van der Waals surface area contributed by atoms with Gasteiger partial charge in [-0.1, -0.05) is 133 Å². The molecule has 3 heterocycles. The smallest absolute Gasteiger partial charge is 0.136 e. The largest absolute Gasteiger partial charge is 0.456 e. The number of furan rings is 2. The van der Waals surface area contributed by atoms with Crippen molar-refractivity contribution < 1.29 is 8.83 Å². The molecule has 12 aromatic rings. The van der Waals surface area contributed by atoms with Gasteiger partial charge in [0.2, 0.25) is 0 Å². The lowest BCUT2D eigenvalue weighted by atomic mass is 9.83. The first-order valence-corrected chi connectivity index (χ1v) is 19.3. The van der Waals surface area contributed by atoms with Crippen molar-refractivity contribution in [2.45, 2.75) is 5.92 Å². The second-order valence-corrected chi connectivity index (χ2v) is 15.2. The van der Waals surface area contributed by atoms with E-state index in [-0.39, 0.29) is 5.92 Å². The number of rotatable bonds is 5. The Morgan fingerprint density at radius 3 is 1.95 bits per heavy atom. The first-order valence-electron chi connectivity index (χ1n) is 19.3. The van der Waals surface area contributed by atoms with Crippen molar-refractivity contribution in [3.63, 3.8) is 0 Å². The van der Waals surface area contributed by atoms with E-state index in [0.717, 1.165) is 38.8 Å². The van der Waals surface area contributed by atoms with E-state index in [1.807, 2.05) is 6.07 Å². The zero-order chi connectivity index (χ0) is 36.5.